The Balaban J connectivity index is 1.08. The van der Waals surface area contributed by atoms with Crippen molar-refractivity contribution in [1.82, 2.24) is 25.1 Å². The van der Waals surface area contributed by atoms with Crippen molar-refractivity contribution >= 4 is 23.3 Å². The Bertz CT molecular complexity index is 1170. The van der Waals surface area contributed by atoms with Crippen molar-refractivity contribution < 1.29 is 19.9 Å². The number of anilines is 1. The minimum atomic E-state index is -0.696. The summed E-state index contributed by atoms with van der Waals surface area (Å²) in [6, 6.07) is 9.88. The number of hydrogen-bond donors (Lipinski definition) is 4. The summed E-state index contributed by atoms with van der Waals surface area (Å²) in [7, 11) is 0. The number of benzene rings is 1. The lowest BCUT2D eigenvalue weighted by molar-refractivity contribution is -0.123. The van der Waals surface area contributed by atoms with Crippen LogP contribution < -0.4 is 10.6 Å². The summed E-state index contributed by atoms with van der Waals surface area (Å²) in [4.78, 5) is 37.4. The first-order chi connectivity index (χ1) is 18.0. The van der Waals surface area contributed by atoms with Crippen molar-refractivity contribution in [2.24, 2.45) is 11.1 Å². The van der Waals surface area contributed by atoms with Gasteiger partial charge >= 0.3 is 0 Å². The highest BCUT2D eigenvalue weighted by atomic mass is 16.4. The Hall–Kier alpha value is -3.57. The van der Waals surface area contributed by atoms with Gasteiger partial charge in [0.25, 0.3) is 11.8 Å². The summed E-state index contributed by atoms with van der Waals surface area (Å²) in [5.41, 5.74) is 3.08. The SMILES string of the molecule is O=C(NC[C@H](O)CN1CCc2ccccc2C1)c1cc(NC2CCN(C(=O)C(=NO)C3CC3)C2)ncn1. The molecule has 1 unspecified atom stereocenters. The number of β-amino-alcohol motifs (C(OH)–C–C–N with tert-alkyl or cyclic N) is 1. The van der Waals surface area contributed by atoms with Crippen LogP contribution in [0.1, 0.15) is 40.9 Å². The second-order valence-electron chi connectivity index (χ2n) is 10.0. The lowest BCUT2D eigenvalue weighted by Crippen LogP contribution is -2.42. The zero-order valence-electron chi connectivity index (χ0n) is 20.7. The molecule has 11 heteroatoms. The van der Waals surface area contributed by atoms with Gasteiger partial charge in [-0.05, 0) is 36.8 Å². The largest absolute Gasteiger partial charge is 0.410 e. The van der Waals surface area contributed by atoms with E-state index in [0.29, 0.717) is 31.9 Å². The number of carbonyl (C=O) groups excluding carboxylic acids is 2. The van der Waals surface area contributed by atoms with Gasteiger partial charge in [-0.15, -0.1) is 0 Å². The van der Waals surface area contributed by atoms with Gasteiger partial charge in [-0.2, -0.15) is 0 Å². The molecule has 1 aromatic heterocycles. The molecule has 196 valence electrons. The minimum Gasteiger partial charge on any atom is -0.410 e. The van der Waals surface area contributed by atoms with Gasteiger partial charge < -0.3 is 25.8 Å². The van der Waals surface area contributed by atoms with Gasteiger partial charge in [0.05, 0.1) is 6.10 Å². The number of hydrogen-bond acceptors (Lipinski definition) is 9. The lowest BCUT2D eigenvalue weighted by Gasteiger charge is -2.30. The number of aliphatic hydroxyl groups is 1. The zero-order chi connectivity index (χ0) is 25.8. The normalized spacial score (nSPS) is 20.8. The maximum Gasteiger partial charge on any atom is 0.272 e. The molecule has 0 bridgehead atoms. The molecule has 0 spiro atoms. The lowest BCUT2D eigenvalue weighted by atomic mass is 10.00. The molecule has 0 radical (unpaired) electrons. The highest BCUT2D eigenvalue weighted by Crippen LogP contribution is 2.32. The summed E-state index contributed by atoms with van der Waals surface area (Å²) >= 11 is 0. The fourth-order valence-electron chi connectivity index (χ4n) is 5.02. The van der Waals surface area contributed by atoms with E-state index in [0.717, 1.165) is 32.4 Å². The third-order valence-corrected chi connectivity index (χ3v) is 7.19. The molecule has 37 heavy (non-hydrogen) atoms. The number of nitrogens with one attached hydrogen (secondary N) is 2. The second kappa shape index (κ2) is 11.2. The molecule has 1 saturated heterocycles. The van der Waals surface area contributed by atoms with E-state index in [1.165, 1.54) is 17.5 Å². The van der Waals surface area contributed by atoms with E-state index in [2.05, 4.69) is 48.9 Å². The Morgan fingerprint density at radius 2 is 1.95 bits per heavy atom. The molecule has 2 atom stereocenters. The van der Waals surface area contributed by atoms with Gasteiger partial charge in [0, 0.05) is 57.3 Å². The maximum atomic E-state index is 12.7. The number of amides is 2. The highest BCUT2D eigenvalue weighted by molar-refractivity contribution is 6.40. The average Bonchev–Trinajstić information content (AvgIpc) is 3.64. The second-order valence-corrected chi connectivity index (χ2v) is 10.0. The molecular formula is C26H33N7O4. The summed E-state index contributed by atoms with van der Waals surface area (Å²) in [6.07, 6.45) is 4.06. The molecule has 2 aliphatic heterocycles. The van der Waals surface area contributed by atoms with Crippen LogP contribution in [0.25, 0.3) is 0 Å². The van der Waals surface area contributed by atoms with Crippen LogP contribution >= 0.6 is 0 Å². The van der Waals surface area contributed by atoms with E-state index >= 15 is 0 Å². The quantitative estimate of drug-likeness (QED) is 0.223. The first kappa shape index (κ1) is 25.1. The van der Waals surface area contributed by atoms with Crippen molar-refractivity contribution in [3.05, 3.63) is 53.5 Å². The molecule has 2 amide bonds. The number of aliphatic hydroxyl groups excluding tert-OH is 1. The molecule has 4 N–H and O–H groups in total. The van der Waals surface area contributed by atoms with Crippen molar-refractivity contribution in [2.75, 3.05) is 38.0 Å². The first-order valence-corrected chi connectivity index (χ1v) is 12.9. The van der Waals surface area contributed by atoms with Gasteiger partial charge in [0.15, 0.2) is 0 Å². The van der Waals surface area contributed by atoms with Gasteiger partial charge in [-0.1, -0.05) is 29.4 Å². The summed E-state index contributed by atoms with van der Waals surface area (Å²) in [5, 5.41) is 28.9. The van der Waals surface area contributed by atoms with Gasteiger partial charge in [-0.25, -0.2) is 9.97 Å². The predicted octanol–water partition coefficient (Wildman–Crippen LogP) is 0.879. The predicted molar refractivity (Wildman–Crippen MR) is 136 cm³/mol. The van der Waals surface area contributed by atoms with E-state index in [-0.39, 0.29) is 41.7 Å². The van der Waals surface area contributed by atoms with Crippen molar-refractivity contribution in [3.63, 3.8) is 0 Å². The standard InChI is InChI=1S/C26H33N7O4/c34-21(15-32-9-7-17-3-1-2-4-19(17)13-32)12-27-25(35)22-11-23(29-16-28-22)30-20-8-10-33(14-20)26(36)24(31-37)18-5-6-18/h1-4,11,16,18,20-21,34,37H,5-10,12-15H2,(H,27,35)(H,28,29,30)/t20?,21-/m0/s1. The highest BCUT2D eigenvalue weighted by Gasteiger charge is 2.37. The molecule has 11 nitrogen and oxygen atoms in total. The molecule has 2 fully saturated rings. The molecule has 1 saturated carbocycles. The summed E-state index contributed by atoms with van der Waals surface area (Å²) < 4.78 is 0. The smallest absolute Gasteiger partial charge is 0.272 e. The Kier molecular flexibility index (Phi) is 7.61. The number of fused-ring (bicyclic) bond motifs is 1. The average molecular weight is 508 g/mol. The van der Waals surface area contributed by atoms with Crippen LogP contribution in [0, 0.1) is 5.92 Å². The van der Waals surface area contributed by atoms with Crippen LogP contribution in [-0.4, -0.2) is 92.5 Å². The number of oxime groups is 1. The molecule has 1 aliphatic carbocycles. The van der Waals surface area contributed by atoms with Crippen LogP contribution in [0.2, 0.25) is 0 Å². The molecule has 1 aromatic carbocycles. The van der Waals surface area contributed by atoms with Crippen LogP contribution in [0.5, 0.6) is 0 Å². The van der Waals surface area contributed by atoms with Crippen LogP contribution in [0.3, 0.4) is 0 Å². The number of rotatable bonds is 9. The van der Waals surface area contributed by atoms with E-state index in [1.54, 1.807) is 11.0 Å². The molecular weight excluding hydrogens is 474 g/mol. The molecule has 5 rings (SSSR count). The summed E-state index contributed by atoms with van der Waals surface area (Å²) in [5.74, 6) is -0.0397. The van der Waals surface area contributed by atoms with Crippen molar-refractivity contribution in [2.45, 2.75) is 44.4 Å². The minimum absolute atomic E-state index is 0.0367. The van der Waals surface area contributed by atoms with E-state index in [1.807, 2.05) is 6.07 Å². The fraction of sp³-hybridized carbons (Fsp3) is 0.500. The topological polar surface area (TPSA) is 143 Å². The van der Waals surface area contributed by atoms with Crippen LogP contribution in [-0.2, 0) is 17.8 Å². The van der Waals surface area contributed by atoms with Crippen molar-refractivity contribution in [3.8, 4) is 0 Å². The number of aromatic nitrogens is 2. The Labute approximate surface area is 215 Å². The van der Waals surface area contributed by atoms with E-state index in [4.69, 9.17) is 0 Å². The zero-order valence-corrected chi connectivity index (χ0v) is 20.7. The Morgan fingerprint density at radius 3 is 2.73 bits per heavy atom. The molecule has 2 aromatic rings. The Morgan fingerprint density at radius 1 is 1.14 bits per heavy atom. The van der Waals surface area contributed by atoms with Crippen LogP contribution in [0.4, 0.5) is 5.82 Å². The van der Waals surface area contributed by atoms with Gasteiger partial charge in [-0.3, -0.25) is 14.5 Å². The van der Waals surface area contributed by atoms with Gasteiger partial charge in [0.2, 0.25) is 0 Å². The first-order valence-electron chi connectivity index (χ1n) is 12.9. The summed E-state index contributed by atoms with van der Waals surface area (Å²) in [6.45, 7) is 3.29. The molecule has 3 aliphatic rings. The monoisotopic (exact) mass is 507 g/mol. The van der Waals surface area contributed by atoms with Crippen molar-refractivity contribution in [1.29, 1.82) is 0 Å². The van der Waals surface area contributed by atoms with E-state index < -0.39 is 6.10 Å². The fourth-order valence-corrected chi connectivity index (χ4v) is 5.02. The number of nitrogens with zero attached hydrogens (tertiary/aromatic N) is 5. The van der Waals surface area contributed by atoms with Crippen LogP contribution in [0.15, 0.2) is 41.8 Å². The van der Waals surface area contributed by atoms with E-state index in [9.17, 15) is 19.9 Å². The third-order valence-electron chi connectivity index (χ3n) is 7.19. The number of carbonyl (C=O) groups is 2. The number of likely N-dealkylation sites (tertiary alicyclic amines) is 1. The van der Waals surface area contributed by atoms with Gasteiger partial charge in [0.1, 0.15) is 23.6 Å². The third kappa shape index (κ3) is 6.23. The maximum absolute atomic E-state index is 12.7. The molecule has 3 heterocycles.